The highest BCUT2D eigenvalue weighted by Gasteiger charge is 2.30. The zero-order chi connectivity index (χ0) is 37.6. The quantitative estimate of drug-likeness (QED) is 0.158. The molecule has 276 valence electrons. The molecule has 10 nitrogen and oxygen atoms in total. The SMILES string of the molecule is O=C(c1ccc(F)c(F)c1)N1CCC[C@H](c2nc(-c3ccccn3)co2)C1.O=C(c1ccc(F)cc1)N1CCC[C@H](c2nc(-c3ccc(F)cn3)co2)C1. The number of rotatable bonds is 6. The number of oxazole rings is 2. The van der Waals surface area contributed by atoms with Gasteiger partial charge in [0.05, 0.1) is 29.4 Å². The van der Waals surface area contributed by atoms with E-state index in [2.05, 4.69) is 19.9 Å². The number of carbonyl (C=O) groups is 2. The predicted octanol–water partition coefficient (Wildman–Crippen LogP) is 8.07. The van der Waals surface area contributed by atoms with Gasteiger partial charge in [0.2, 0.25) is 0 Å². The van der Waals surface area contributed by atoms with Crippen molar-refractivity contribution in [2.24, 2.45) is 0 Å². The van der Waals surface area contributed by atoms with Gasteiger partial charge in [-0.2, -0.15) is 0 Å². The molecule has 0 spiro atoms. The Hall–Kier alpha value is -6.18. The van der Waals surface area contributed by atoms with Crippen molar-refractivity contribution in [3.05, 3.63) is 144 Å². The molecule has 0 unspecified atom stereocenters. The van der Waals surface area contributed by atoms with Crippen LogP contribution in [0.4, 0.5) is 17.6 Å². The number of halogens is 4. The Labute approximate surface area is 307 Å². The van der Waals surface area contributed by atoms with Gasteiger partial charge in [-0.25, -0.2) is 27.5 Å². The highest BCUT2D eigenvalue weighted by Crippen LogP contribution is 2.31. The topological polar surface area (TPSA) is 118 Å². The number of benzene rings is 2. The molecule has 0 aliphatic carbocycles. The van der Waals surface area contributed by atoms with Gasteiger partial charge in [0.1, 0.15) is 35.5 Å². The smallest absolute Gasteiger partial charge is 0.253 e. The van der Waals surface area contributed by atoms with E-state index < -0.39 is 17.5 Å². The fourth-order valence-corrected chi connectivity index (χ4v) is 6.54. The minimum atomic E-state index is -1.03. The fourth-order valence-electron chi connectivity index (χ4n) is 6.54. The summed E-state index contributed by atoms with van der Waals surface area (Å²) in [4.78, 5) is 45.9. The van der Waals surface area contributed by atoms with Crippen molar-refractivity contribution >= 4 is 11.8 Å². The molecule has 2 saturated heterocycles. The predicted molar refractivity (Wildman–Crippen MR) is 188 cm³/mol. The summed E-state index contributed by atoms with van der Waals surface area (Å²) in [7, 11) is 0. The largest absolute Gasteiger partial charge is 0.448 e. The second kappa shape index (κ2) is 16.2. The number of likely N-dealkylation sites (tertiary alicyclic amines) is 2. The number of aromatic nitrogens is 4. The Morgan fingerprint density at radius 2 is 1.19 bits per heavy atom. The Bertz CT molecular complexity index is 2210. The van der Waals surface area contributed by atoms with Crippen molar-refractivity contribution in [2.75, 3.05) is 26.2 Å². The number of hydrogen-bond donors (Lipinski definition) is 0. The Kier molecular flexibility index (Phi) is 10.9. The molecule has 6 heterocycles. The number of piperidine rings is 2. The lowest BCUT2D eigenvalue weighted by Gasteiger charge is -2.31. The van der Waals surface area contributed by atoms with Gasteiger partial charge in [-0.15, -0.1) is 0 Å². The number of nitrogens with zero attached hydrogens (tertiary/aromatic N) is 6. The third-order valence-electron chi connectivity index (χ3n) is 9.33. The highest BCUT2D eigenvalue weighted by molar-refractivity contribution is 5.94. The van der Waals surface area contributed by atoms with Crippen LogP contribution < -0.4 is 0 Å². The van der Waals surface area contributed by atoms with Crippen LogP contribution in [0.1, 0.15) is 70.0 Å². The maximum atomic E-state index is 13.4. The lowest BCUT2D eigenvalue weighted by atomic mass is 9.97. The van der Waals surface area contributed by atoms with E-state index in [0.717, 1.165) is 49.7 Å². The molecule has 54 heavy (non-hydrogen) atoms. The summed E-state index contributed by atoms with van der Waals surface area (Å²) in [6.07, 6.45) is 9.17. The van der Waals surface area contributed by atoms with Crippen LogP contribution in [-0.4, -0.2) is 67.7 Å². The highest BCUT2D eigenvalue weighted by atomic mass is 19.2. The third kappa shape index (κ3) is 8.38. The van der Waals surface area contributed by atoms with E-state index in [-0.39, 0.29) is 35.0 Å². The number of pyridine rings is 2. The molecule has 2 amide bonds. The molecule has 14 heteroatoms. The molecule has 0 N–H and O–H groups in total. The zero-order valence-corrected chi connectivity index (χ0v) is 28.9. The van der Waals surface area contributed by atoms with Crippen molar-refractivity contribution in [3.8, 4) is 22.8 Å². The number of carbonyl (C=O) groups excluding carboxylic acids is 2. The number of amides is 2. The zero-order valence-electron chi connectivity index (χ0n) is 28.9. The second-order valence-electron chi connectivity index (χ2n) is 13.0. The summed E-state index contributed by atoms with van der Waals surface area (Å²) in [5.41, 5.74) is 3.03. The molecule has 2 aromatic carbocycles. The second-order valence-corrected chi connectivity index (χ2v) is 13.0. The molecule has 2 atom stereocenters. The average molecular weight is 739 g/mol. The van der Waals surface area contributed by atoms with Crippen LogP contribution in [0.5, 0.6) is 0 Å². The molecule has 2 aliphatic rings. The molecule has 8 rings (SSSR count). The first-order chi connectivity index (χ1) is 26.2. The summed E-state index contributed by atoms with van der Waals surface area (Å²) < 4.78 is 63.9. The molecule has 6 aromatic rings. The molecular formula is C40H34F4N6O4. The van der Waals surface area contributed by atoms with Crippen LogP contribution in [0.3, 0.4) is 0 Å². The van der Waals surface area contributed by atoms with E-state index in [1.165, 1.54) is 42.7 Å². The van der Waals surface area contributed by atoms with Crippen LogP contribution >= 0.6 is 0 Å². The van der Waals surface area contributed by atoms with Gasteiger partial charge in [-0.05, 0) is 92.4 Å². The Balaban J connectivity index is 0.000000167. The van der Waals surface area contributed by atoms with Crippen molar-refractivity contribution in [2.45, 2.75) is 37.5 Å². The molecule has 2 aliphatic heterocycles. The molecular weight excluding hydrogens is 704 g/mol. The summed E-state index contributed by atoms with van der Waals surface area (Å²) in [6, 6.07) is 17.2. The van der Waals surface area contributed by atoms with Crippen LogP contribution in [0.25, 0.3) is 22.8 Å². The molecule has 4 aromatic heterocycles. The third-order valence-corrected chi connectivity index (χ3v) is 9.33. The van der Waals surface area contributed by atoms with Gasteiger partial charge in [0.25, 0.3) is 11.8 Å². The van der Waals surface area contributed by atoms with Gasteiger partial charge >= 0.3 is 0 Å². The van der Waals surface area contributed by atoms with Crippen LogP contribution in [0.2, 0.25) is 0 Å². The average Bonchev–Trinajstić information content (AvgIpc) is 3.92. The van der Waals surface area contributed by atoms with E-state index in [1.807, 2.05) is 18.2 Å². The fraction of sp³-hybridized carbons (Fsp3) is 0.250. The Morgan fingerprint density at radius 3 is 1.74 bits per heavy atom. The van der Waals surface area contributed by atoms with E-state index in [9.17, 15) is 27.2 Å². The minimum Gasteiger partial charge on any atom is -0.448 e. The number of hydrogen-bond acceptors (Lipinski definition) is 8. The molecule has 0 saturated carbocycles. The van der Waals surface area contributed by atoms with E-state index in [4.69, 9.17) is 8.83 Å². The molecule has 0 bridgehead atoms. The monoisotopic (exact) mass is 738 g/mol. The minimum absolute atomic E-state index is 0.0302. The van der Waals surface area contributed by atoms with Crippen molar-refractivity contribution in [1.29, 1.82) is 0 Å². The molecule has 0 radical (unpaired) electrons. The van der Waals surface area contributed by atoms with Crippen molar-refractivity contribution in [1.82, 2.24) is 29.7 Å². The molecule has 2 fully saturated rings. The summed E-state index contributed by atoms with van der Waals surface area (Å²) in [5.74, 6) is -2.22. The van der Waals surface area contributed by atoms with Gasteiger partial charge in [0, 0.05) is 43.5 Å². The first kappa shape index (κ1) is 36.2. The summed E-state index contributed by atoms with van der Waals surface area (Å²) >= 11 is 0. The lowest BCUT2D eigenvalue weighted by molar-refractivity contribution is 0.0690. The van der Waals surface area contributed by atoms with Gasteiger partial charge in [-0.1, -0.05) is 6.07 Å². The van der Waals surface area contributed by atoms with Crippen LogP contribution in [-0.2, 0) is 0 Å². The standard InChI is InChI=1S/2C20H17F2N3O2/c21-15-5-3-13(4-6-15)20(26)25-9-1-2-14(11-25)19-24-18(12-27-19)17-8-7-16(22)10-23-17;21-15-7-6-13(10-16(15)22)20(26)25-9-3-4-14(11-25)19-24-18(12-27-19)17-5-1-2-8-23-17/h3-8,10,12,14H,1-2,9,11H2;1-2,5-8,10,12,14H,3-4,9,11H2/t2*14-/m00/s1. The first-order valence-electron chi connectivity index (χ1n) is 17.4. The normalized spacial score (nSPS) is 17.1. The van der Waals surface area contributed by atoms with Crippen molar-refractivity contribution < 1.29 is 36.0 Å². The van der Waals surface area contributed by atoms with Crippen molar-refractivity contribution in [3.63, 3.8) is 0 Å². The lowest BCUT2D eigenvalue weighted by Crippen LogP contribution is -2.39. The summed E-state index contributed by atoms with van der Waals surface area (Å²) in [5, 5.41) is 0. The summed E-state index contributed by atoms with van der Waals surface area (Å²) in [6.45, 7) is 2.09. The van der Waals surface area contributed by atoms with E-state index >= 15 is 0 Å². The van der Waals surface area contributed by atoms with Crippen LogP contribution in [0.15, 0.2) is 107 Å². The van der Waals surface area contributed by atoms with Gasteiger partial charge < -0.3 is 18.6 Å². The van der Waals surface area contributed by atoms with Gasteiger partial charge in [0.15, 0.2) is 23.4 Å². The van der Waals surface area contributed by atoms with Gasteiger partial charge in [-0.3, -0.25) is 19.6 Å². The van der Waals surface area contributed by atoms with Crippen LogP contribution in [0, 0.1) is 23.3 Å². The van der Waals surface area contributed by atoms with E-state index in [0.29, 0.717) is 60.6 Å². The maximum Gasteiger partial charge on any atom is 0.253 e. The maximum absolute atomic E-state index is 13.4. The van der Waals surface area contributed by atoms with E-state index in [1.54, 1.807) is 28.3 Å². The Morgan fingerprint density at radius 1 is 0.611 bits per heavy atom. The first-order valence-corrected chi connectivity index (χ1v) is 17.4.